The van der Waals surface area contributed by atoms with Gasteiger partial charge in [0.25, 0.3) is 5.91 Å². The van der Waals surface area contributed by atoms with Crippen LogP contribution in [0, 0.1) is 13.8 Å². The molecule has 1 aliphatic carbocycles. The van der Waals surface area contributed by atoms with Crippen LogP contribution >= 0.6 is 12.4 Å². The predicted molar refractivity (Wildman–Crippen MR) is 87.1 cm³/mol. The second-order valence-electron chi connectivity index (χ2n) is 5.77. The zero-order chi connectivity index (χ0) is 14.6. The van der Waals surface area contributed by atoms with Gasteiger partial charge in [0, 0.05) is 6.54 Å². The summed E-state index contributed by atoms with van der Waals surface area (Å²) in [6.45, 7) is 4.63. The molecule has 0 heterocycles. The first-order chi connectivity index (χ1) is 9.54. The molecule has 1 aromatic carbocycles. The van der Waals surface area contributed by atoms with Gasteiger partial charge in [0.15, 0.2) is 6.61 Å². The Balaban J connectivity index is 0.00000220. The molecule has 21 heavy (non-hydrogen) atoms. The van der Waals surface area contributed by atoms with Crippen LogP contribution in [0.5, 0.6) is 5.75 Å². The number of rotatable bonds is 5. The van der Waals surface area contributed by atoms with E-state index in [1.54, 1.807) is 0 Å². The summed E-state index contributed by atoms with van der Waals surface area (Å²) < 4.78 is 5.55. The number of amides is 1. The Labute approximate surface area is 132 Å². The second kappa shape index (κ2) is 7.66. The molecule has 0 aromatic heterocycles. The van der Waals surface area contributed by atoms with E-state index in [1.807, 2.05) is 25.1 Å². The van der Waals surface area contributed by atoms with E-state index < -0.39 is 0 Å². The van der Waals surface area contributed by atoms with Crippen molar-refractivity contribution in [3.63, 3.8) is 0 Å². The van der Waals surface area contributed by atoms with Crippen molar-refractivity contribution in [1.82, 2.24) is 5.32 Å². The van der Waals surface area contributed by atoms with Gasteiger partial charge in [-0.3, -0.25) is 4.79 Å². The van der Waals surface area contributed by atoms with Crippen LogP contribution < -0.4 is 15.8 Å². The van der Waals surface area contributed by atoms with Gasteiger partial charge in [0.05, 0.1) is 5.54 Å². The highest BCUT2D eigenvalue weighted by atomic mass is 35.5. The van der Waals surface area contributed by atoms with Crippen molar-refractivity contribution in [2.75, 3.05) is 13.2 Å². The lowest BCUT2D eigenvalue weighted by Gasteiger charge is -2.28. The molecular formula is C16H25ClN2O2. The van der Waals surface area contributed by atoms with Crippen LogP contribution in [0.4, 0.5) is 0 Å². The third-order valence-electron chi connectivity index (χ3n) is 4.20. The molecule has 0 atom stereocenters. The number of carbonyl (C=O) groups is 1. The molecule has 0 bridgehead atoms. The molecular weight excluding hydrogens is 288 g/mol. The topological polar surface area (TPSA) is 64.3 Å². The van der Waals surface area contributed by atoms with Crippen molar-refractivity contribution in [1.29, 1.82) is 0 Å². The van der Waals surface area contributed by atoms with Crippen molar-refractivity contribution < 1.29 is 9.53 Å². The SMILES string of the molecule is Cc1ccc(OCC(=O)NC2(CN)CCCC2)cc1C.Cl. The minimum Gasteiger partial charge on any atom is -0.484 e. The minimum atomic E-state index is -0.205. The summed E-state index contributed by atoms with van der Waals surface area (Å²) in [6.07, 6.45) is 4.21. The van der Waals surface area contributed by atoms with Crippen LogP contribution in [0.1, 0.15) is 36.8 Å². The van der Waals surface area contributed by atoms with Gasteiger partial charge < -0.3 is 15.8 Å². The molecule has 0 radical (unpaired) electrons. The number of aryl methyl sites for hydroxylation is 2. The average molecular weight is 313 g/mol. The average Bonchev–Trinajstić information content (AvgIpc) is 2.89. The summed E-state index contributed by atoms with van der Waals surface area (Å²) >= 11 is 0. The highest BCUT2D eigenvalue weighted by Gasteiger charge is 2.33. The van der Waals surface area contributed by atoms with Crippen LogP contribution in [-0.4, -0.2) is 24.6 Å². The van der Waals surface area contributed by atoms with E-state index in [9.17, 15) is 4.79 Å². The third kappa shape index (κ3) is 4.61. The number of hydrogen-bond acceptors (Lipinski definition) is 3. The first kappa shape index (κ1) is 17.8. The van der Waals surface area contributed by atoms with Crippen LogP contribution in [-0.2, 0) is 4.79 Å². The van der Waals surface area contributed by atoms with Crippen molar-refractivity contribution in [3.05, 3.63) is 29.3 Å². The maximum Gasteiger partial charge on any atom is 0.258 e. The summed E-state index contributed by atoms with van der Waals surface area (Å²) in [5, 5.41) is 3.05. The monoisotopic (exact) mass is 312 g/mol. The van der Waals surface area contributed by atoms with E-state index in [0.717, 1.165) is 37.0 Å². The first-order valence-corrected chi connectivity index (χ1v) is 7.26. The summed E-state index contributed by atoms with van der Waals surface area (Å²) in [4.78, 5) is 12.0. The van der Waals surface area contributed by atoms with Crippen LogP contribution in [0.15, 0.2) is 18.2 Å². The zero-order valence-electron chi connectivity index (χ0n) is 12.8. The fourth-order valence-corrected chi connectivity index (χ4v) is 2.72. The number of nitrogens with two attached hydrogens (primary N) is 1. The Kier molecular flexibility index (Phi) is 6.49. The number of halogens is 1. The largest absolute Gasteiger partial charge is 0.484 e. The lowest BCUT2D eigenvalue weighted by atomic mass is 9.98. The summed E-state index contributed by atoms with van der Waals surface area (Å²) in [6, 6.07) is 5.85. The van der Waals surface area contributed by atoms with Gasteiger partial charge in [-0.05, 0) is 49.9 Å². The second-order valence-corrected chi connectivity index (χ2v) is 5.77. The Morgan fingerprint density at radius 1 is 1.29 bits per heavy atom. The Hall–Kier alpha value is -1.26. The highest BCUT2D eigenvalue weighted by Crippen LogP contribution is 2.28. The summed E-state index contributed by atoms with van der Waals surface area (Å²) in [5.41, 5.74) is 7.98. The number of hydrogen-bond donors (Lipinski definition) is 2. The molecule has 4 nitrogen and oxygen atoms in total. The molecule has 3 N–H and O–H groups in total. The van der Waals surface area contributed by atoms with E-state index in [4.69, 9.17) is 10.5 Å². The van der Waals surface area contributed by atoms with Crippen molar-refractivity contribution in [3.8, 4) is 5.75 Å². The standard InChI is InChI=1S/C16H24N2O2.ClH/c1-12-5-6-14(9-13(12)2)20-10-15(19)18-16(11-17)7-3-4-8-16;/h5-6,9H,3-4,7-8,10-11,17H2,1-2H3,(H,18,19);1H. The van der Waals surface area contributed by atoms with Gasteiger partial charge in [0.2, 0.25) is 0 Å². The molecule has 118 valence electrons. The molecule has 1 aliphatic rings. The van der Waals surface area contributed by atoms with E-state index in [0.29, 0.717) is 6.54 Å². The third-order valence-corrected chi connectivity index (χ3v) is 4.20. The van der Waals surface area contributed by atoms with Gasteiger partial charge in [-0.2, -0.15) is 0 Å². The number of nitrogens with one attached hydrogen (secondary N) is 1. The molecule has 1 fully saturated rings. The van der Waals surface area contributed by atoms with E-state index >= 15 is 0 Å². The lowest BCUT2D eigenvalue weighted by Crippen LogP contribution is -2.52. The predicted octanol–water partition coefficient (Wildman–Crippen LogP) is 2.49. The maximum absolute atomic E-state index is 12.0. The molecule has 0 unspecified atom stereocenters. The van der Waals surface area contributed by atoms with Crippen molar-refractivity contribution >= 4 is 18.3 Å². The van der Waals surface area contributed by atoms with Gasteiger partial charge in [-0.1, -0.05) is 18.9 Å². The summed E-state index contributed by atoms with van der Waals surface area (Å²) in [7, 11) is 0. The Morgan fingerprint density at radius 3 is 2.52 bits per heavy atom. The highest BCUT2D eigenvalue weighted by molar-refractivity contribution is 5.85. The van der Waals surface area contributed by atoms with E-state index in [-0.39, 0.29) is 30.5 Å². The fraction of sp³-hybridized carbons (Fsp3) is 0.562. The molecule has 1 saturated carbocycles. The van der Waals surface area contributed by atoms with Gasteiger partial charge >= 0.3 is 0 Å². The normalized spacial score (nSPS) is 16.1. The van der Waals surface area contributed by atoms with Crippen molar-refractivity contribution in [2.45, 2.75) is 45.1 Å². The molecule has 0 saturated heterocycles. The first-order valence-electron chi connectivity index (χ1n) is 7.26. The van der Waals surface area contributed by atoms with Gasteiger partial charge in [0.1, 0.15) is 5.75 Å². The molecule has 0 aliphatic heterocycles. The van der Waals surface area contributed by atoms with Crippen LogP contribution in [0.25, 0.3) is 0 Å². The fourth-order valence-electron chi connectivity index (χ4n) is 2.72. The van der Waals surface area contributed by atoms with Gasteiger partial charge in [-0.25, -0.2) is 0 Å². The van der Waals surface area contributed by atoms with Crippen LogP contribution in [0.2, 0.25) is 0 Å². The van der Waals surface area contributed by atoms with Gasteiger partial charge in [-0.15, -0.1) is 12.4 Å². The van der Waals surface area contributed by atoms with E-state index in [1.165, 1.54) is 5.56 Å². The molecule has 1 amide bonds. The quantitative estimate of drug-likeness (QED) is 0.878. The lowest BCUT2D eigenvalue weighted by molar-refractivity contribution is -0.124. The number of benzene rings is 1. The molecule has 2 rings (SSSR count). The molecule has 5 heteroatoms. The maximum atomic E-state index is 12.0. The summed E-state index contributed by atoms with van der Waals surface area (Å²) in [5.74, 6) is 0.645. The number of carbonyl (C=O) groups excluding carboxylic acids is 1. The van der Waals surface area contributed by atoms with Crippen LogP contribution in [0.3, 0.4) is 0 Å². The van der Waals surface area contributed by atoms with Crippen molar-refractivity contribution in [2.24, 2.45) is 5.73 Å². The Morgan fingerprint density at radius 2 is 1.95 bits per heavy atom. The van der Waals surface area contributed by atoms with E-state index in [2.05, 4.69) is 12.2 Å². The number of ether oxygens (including phenoxy) is 1. The smallest absolute Gasteiger partial charge is 0.258 e. The Bertz CT molecular complexity index is 485. The molecule has 0 spiro atoms. The molecule has 1 aromatic rings. The zero-order valence-corrected chi connectivity index (χ0v) is 13.6. The minimum absolute atomic E-state index is 0.